The van der Waals surface area contributed by atoms with E-state index in [1.807, 2.05) is 0 Å². The number of hydrogen-bond donors (Lipinski definition) is 3. The number of hydrogen-bond acceptors (Lipinski definition) is 6. The molecule has 10 heavy (non-hydrogen) atoms. The molecule has 0 fully saturated rings. The van der Waals surface area contributed by atoms with Crippen LogP contribution in [0.4, 0.5) is 0 Å². The molecule has 54 valence electrons. The summed E-state index contributed by atoms with van der Waals surface area (Å²) in [6, 6.07) is 0. The minimum atomic E-state index is -1.09. The minimum Gasteiger partial charge on any atom is -0.499 e. The summed E-state index contributed by atoms with van der Waals surface area (Å²) in [5, 5.41) is 31.0. The zero-order valence-electron chi connectivity index (χ0n) is 4.59. The first-order valence-corrected chi connectivity index (χ1v) is 2.20. The molecule has 1 heterocycles. The van der Waals surface area contributed by atoms with E-state index in [1.165, 1.54) is 0 Å². The van der Waals surface area contributed by atoms with Gasteiger partial charge in [-0.25, -0.2) is 0 Å². The summed E-state index contributed by atoms with van der Waals surface area (Å²) in [4.78, 5) is 10.2. The van der Waals surface area contributed by atoms with Crippen LogP contribution in [0.3, 0.4) is 0 Å². The van der Waals surface area contributed by atoms with E-state index in [-0.39, 0.29) is 4.85 Å². The molecule has 0 atom stereocenters. The zero-order valence-corrected chi connectivity index (χ0v) is 4.59. The van der Waals surface area contributed by atoms with Crippen LogP contribution in [0.2, 0.25) is 0 Å². The van der Waals surface area contributed by atoms with Crippen molar-refractivity contribution in [1.82, 2.24) is 15.2 Å². The van der Waals surface area contributed by atoms with Crippen LogP contribution in [0.25, 0.3) is 0 Å². The summed E-state index contributed by atoms with van der Waals surface area (Å²) >= 11 is 0. The van der Waals surface area contributed by atoms with Crippen LogP contribution < -0.4 is 5.56 Å². The smallest absolute Gasteiger partial charge is 0.337 e. The van der Waals surface area contributed by atoms with Crippen LogP contribution in [-0.2, 0) is 0 Å². The number of aromatic nitrogens is 3. The summed E-state index contributed by atoms with van der Waals surface area (Å²) in [6.45, 7) is 0. The fraction of sp³-hybridized carbons (Fsp3) is 0. The number of nitrogens with zero attached hydrogens (tertiary/aromatic N) is 3. The third-order valence-corrected chi connectivity index (χ3v) is 0.824. The molecule has 1 aromatic rings. The minimum absolute atomic E-state index is 0.114. The quantitative estimate of drug-likeness (QED) is 0.375. The maximum atomic E-state index is 10.3. The van der Waals surface area contributed by atoms with Crippen molar-refractivity contribution in [2.75, 3.05) is 0 Å². The topological polar surface area (TPSA) is 108 Å². The molecule has 0 spiro atoms. The van der Waals surface area contributed by atoms with Gasteiger partial charge < -0.3 is 15.4 Å². The normalized spacial score (nSPS) is 9.60. The van der Waals surface area contributed by atoms with Crippen LogP contribution >= 0.6 is 0 Å². The highest BCUT2D eigenvalue weighted by Gasteiger charge is 2.08. The van der Waals surface area contributed by atoms with Crippen LogP contribution in [0.1, 0.15) is 0 Å². The first-order chi connectivity index (χ1) is 4.63. The van der Waals surface area contributed by atoms with Gasteiger partial charge in [0, 0.05) is 0 Å². The predicted molar refractivity (Wildman–Crippen MR) is 26.8 cm³/mol. The number of aromatic hydroxyl groups is 2. The summed E-state index contributed by atoms with van der Waals surface area (Å²) < 4.78 is 0. The first kappa shape index (κ1) is 6.33. The van der Waals surface area contributed by atoms with Gasteiger partial charge in [-0.05, 0) is 10.1 Å². The van der Waals surface area contributed by atoms with Gasteiger partial charge in [-0.15, -0.1) is 0 Å². The lowest BCUT2D eigenvalue weighted by atomic mass is 10.6. The largest absolute Gasteiger partial charge is 0.499 e. The zero-order chi connectivity index (χ0) is 7.72. The van der Waals surface area contributed by atoms with Crippen molar-refractivity contribution in [3.05, 3.63) is 10.4 Å². The Bertz CT molecular complexity index is 305. The molecular weight excluding hydrogens is 142 g/mol. The van der Waals surface area contributed by atoms with Gasteiger partial charge in [-0.3, -0.25) is 4.79 Å². The Morgan fingerprint density at radius 3 is 2.50 bits per heavy atom. The van der Waals surface area contributed by atoms with Crippen molar-refractivity contribution in [3.63, 3.8) is 0 Å². The molecule has 0 saturated heterocycles. The van der Waals surface area contributed by atoms with Crippen molar-refractivity contribution in [1.29, 1.82) is 0 Å². The summed E-state index contributed by atoms with van der Waals surface area (Å²) in [5.41, 5.74) is -1.09. The molecule has 0 saturated carbocycles. The standard InChI is InChI=1S/C3H3N3O4/c7-1-2(8)4-5-6(10)3(1)9/h7,9-10H. The number of rotatable bonds is 0. The van der Waals surface area contributed by atoms with Crippen molar-refractivity contribution in [3.8, 4) is 11.6 Å². The van der Waals surface area contributed by atoms with E-state index < -0.39 is 17.2 Å². The fourth-order valence-electron chi connectivity index (χ4n) is 0.363. The Morgan fingerprint density at radius 2 is 2.00 bits per heavy atom. The van der Waals surface area contributed by atoms with Crippen molar-refractivity contribution in [2.24, 2.45) is 0 Å². The molecule has 0 amide bonds. The van der Waals surface area contributed by atoms with Crippen LogP contribution in [-0.4, -0.2) is 30.6 Å². The average molecular weight is 145 g/mol. The van der Waals surface area contributed by atoms with Crippen molar-refractivity contribution < 1.29 is 15.4 Å². The molecule has 1 aromatic heterocycles. The van der Waals surface area contributed by atoms with Gasteiger partial charge in [0.2, 0.25) is 0 Å². The fourth-order valence-corrected chi connectivity index (χ4v) is 0.363. The third kappa shape index (κ3) is 0.729. The van der Waals surface area contributed by atoms with E-state index in [4.69, 9.17) is 15.4 Å². The van der Waals surface area contributed by atoms with Crippen LogP contribution in [0, 0.1) is 0 Å². The van der Waals surface area contributed by atoms with Crippen LogP contribution in [0.5, 0.6) is 11.6 Å². The van der Waals surface area contributed by atoms with Crippen molar-refractivity contribution in [2.45, 2.75) is 0 Å². The molecule has 0 radical (unpaired) electrons. The van der Waals surface area contributed by atoms with Crippen molar-refractivity contribution >= 4 is 0 Å². The maximum Gasteiger partial charge on any atom is 0.337 e. The molecule has 7 nitrogen and oxygen atoms in total. The van der Waals surface area contributed by atoms with E-state index in [0.717, 1.165) is 0 Å². The first-order valence-electron chi connectivity index (χ1n) is 2.20. The van der Waals surface area contributed by atoms with E-state index >= 15 is 0 Å². The van der Waals surface area contributed by atoms with E-state index in [0.29, 0.717) is 0 Å². The molecule has 0 unspecified atom stereocenters. The van der Waals surface area contributed by atoms with Gasteiger partial charge in [0.25, 0.3) is 11.6 Å². The monoisotopic (exact) mass is 145 g/mol. The Hall–Kier alpha value is -1.79. The lowest BCUT2D eigenvalue weighted by molar-refractivity contribution is 0.100. The molecular formula is C3H3N3O4. The lowest BCUT2D eigenvalue weighted by Gasteiger charge is -1.96. The predicted octanol–water partition coefficient (Wildman–Crippen LogP) is -1.71. The average Bonchev–Trinajstić information content (AvgIpc) is 1.93. The van der Waals surface area contributed by atoms with Gasteiger partial charge in [0.05, 0.1) is 0 Å². The Balaban J connectivity index is 3.49. The molecule has 0 aliphatic heterocycles. The van der Waals surface area contributed by atoms with Gasteiger partial charge in [0.15, 0.2) is 0 Å². The lowest BCUT2D eigenvalue weighted by Crippen LogP contribution is -2.13. The second kappa shape index (κ2) is 1.87. The van der Waals surface area contributed by atoms with E-state index in [9.17, 15) is 4.79 Å². The second-order valence-corrected chi connectivity index (χ2v) is 1.46. The molecule has 0 aromatic carbocycles. The summed E-state index contributed by atoms with van der Waals surface area (Å²) in [6.07, 6.45) is 0. The van der Waals surface area contributed by atoms with Gasteiger partial charge in [-0.1, -0.05) is 5.10 Å². The SMILES string of the molecule is O=c1nnn(O)c(O)c1O. The second-order valence-electron chi connectivity index (χ2n) is 1.46. The highest BCUT2D eigenvalue weighted by molar-refractivity contribution is 5.25. The highest BCUT2D eigenvalue weighted by atomic mass is 16.5. The Labute approximate surface area is 53.7 Å². The van der Waals surface area contributed by atoms with E-state index in [1.54, 1.807) is 0 Å². The van der Waals surface area contributed by atoms with Gasteiger partial charge in [0.1, 0.15) is 0 Å². The third-order valence-electron chi connectivity index (χ3n) is 0.824. The summed E-state index contributed by atoms with van der Waals surface area (Å²) in [5.74, 6) is -2.06. The molecule has 7 heteroatoms. The van der Waals surface area contributed by atoms with E-state index in [2.05, 4.69) is 10.3 Å². The van der Waals surface area contributed by atoms with Gasteiger partial charge >= 0.3 is 5.56 Å². The van der Waals surface area contributed by atoms with Gasteiger partial charge in [-0.2, -0.15) is 0 Å². The summed E-state index contributed by atoms with van der Waals surface area (Å²) in [7, 11) is 0. The highest BCUT2D eigenvalue weighted by Crippen LogP contribution is 2.13. The van der Waals surface area contributed by atoms with Crippen LogP contribution in [0.15, 0.2) is 4.79 Å². The maximum absolute atomic E-state index is 10.3. The Morgan fingerprint density at radius 1 is 1.40 bits per heavy atom. The Kier molecular flexibility index (Phi) is 1.18. The molecule has 3 N–H and O–H groups in total. The molecule has 0 aliphatic carbocycles. The molecule has 0 bridgehead atoms. The molecule has 1 rings (SSSR count). The molecule has 0 aliphatic rings.